The van der Waals surface area contributed by atoms with Gasteiger partial charge in [0.05, 0.1) is 19.7 Å². The average Bonchev–Trinajstić information content (AvgIpc) is 3.05. The van der Waals surface area contributed by atoms with Crippen molar-refractivity contribution in [2.24, 2.45) is 0 Å². The maximum Gasteiger partial charge on any atom is 0.147 e. The molecule has 2 aromatic heterocycles. The first-order valence-electron chi connectivity index (χ1n) is 7.17. The van der Waals surface area contributed by atoms with Gasteiger partial charge in [0.1, 0.15) is 18.0 Å². The molecule has 2 rings (SSSR count). The molecule has 0 aliphatic rings. The van der Waals surface area contributed by atoms with E-state index in [-0.39, 0.29) is 0 Å². The number of hydrogen-bond acceptors (Lipinski definition) is 5. The summed E-state index contributed by atoms with van der Waals surface area (Å²) in [6.45, 7) is 7.28. The van der Waals surface area contributed by atoms with E-state index < -0.39 is 0 Å². The number of rotatable bonds is 8. The highest BCUT2D eigenvalue weighted by atomic mass is 16.5. The Morgan fingerprint density at radius 2 is 2.05 bits per heavy atom. The Balaban J connectivity index is 1.97. The van der Waals surface area contributed by atoms with Gasteiger partial charge >= 0.3 is 0 Å². The molecule has 0 aromatic carbocycles. The Kier molecular flexibility index (Phi) is 5.46. The van der Waals surface area contributed by atoms with Crippen LogP contribution in [0.5, 0.6) is 0 Å². The van der Waals surface area contributed by atoms with Gasteiger partial charge < -0.3 is 13.9 Å². The molecule has 0 unspecified atom stereocenters. The second-order valence-electron chi connectivity index (χ2n) is 5.45. The lowest BCUT2D eigenvalue weighted by Gasteiger charge is -2.18. The number of aromatic nitrogens is 5. The van der Waals surface area contributed by atoms with E-state index in [9.17, 15) is 0 Å². The molecule has 0 radical (unpaired) electrons. The molecule has 21 heavy (non-hydrogen) atoms. The standard InChI is InChI=1S/C14H24N6O/c1-12(2)20-11-16-17-14(20)10-18(3)9-13-15-5-6-19(13)7-8-21-4/h5-6,11-12H,7-10H2,1-4H3. The second kappa shape index (κ2) is 7.33. The Morgan fingerprint density at radius 1 is 1.29 bits per heavy atom. The molecule has 7 heteroatoms. The number of hydrogen-bond donors (Lipinski definition) is 0. The molecule has 0 saturated heterocycles. The maximum atomic E-state index is 5.12. The van der Waals surface area contributed by atoms with Crippen molar-refractivity contribution in [2.45, 2.75) is 39.5 Å². The molecule has 0 aliphatic carbocycles. The highest BCUT2D eigenvalue weighted by molar-refractivity contribution is 4.94. The van der Waals surface area contributed by atoms with Crippen LogP contribution in [-0.2, 0) is 24.4 Å². The number of methoxy groups -OCH3 is 1. The highest BCUT2D eigenvalue weighted by Crippen LogP contribution is 2.10. The van der Waals surface area contributed by atoms with Crippen molar-refractivity contribution in [1.29, 1.82) is 0 Å². The van der Waals surface area contributed by atoms with E-state index in [1.807, 2.05) is 12.4 Å². The third-order valence-corrected chi connectivity index (χ3v) is 3.36. The number of imidazole rings is 1. The summed E-state index contributed by atoms with van der Waals surface area (Å²) in [4.78, 5) is 6.61. The molecular weight excluding hydrogens is 268 g/mol. The van der Waals surface area contributed by atoms with E-state index in [1.54, 1.807) is 13.4 Å². The summed E-state index contributed by atoms with van der Waals surface area (Å²) in [6.07, 6.45) is 5.60. The second-order valence-corrected chi connectivity index (χ2v) is 5.45. The fourth-order valence-electron chi connectivity index (χ4n) is 2.23. The maximum absolute atomic E-state index is 5.12. The fraction of sp³-hybridized carbons (Fsp3) is 0.643. The first-order valence-corrected chi connectivity index (χ1v) is 7.17. The minimum atomic E-state index is 0.368. The SMILES string of the molecule is COCCn1ccnc1CN(C)Cc1nncn1C(C)C. The van der Waals surface area contributed by atoms with Crippen molar-refractivity contribution in [2.75, 3.05) is 20.8 Å². The lowest BCUT2D eigenvalue weighted by Crippen LogP contribution is -2.23. The zero-order valence-corrected chi connectivity index (χ0v) is 13.2. The van der Waals surface area contributed by atoms with Crippen LogP contribution in [0.2, 0.25) is 0 Å². The third-order valence-electron chi connectivity index (χ3n) is 3.36. The largest absolute Gasteiger partial charge is 0.383 e. The zero-order chi connectivity index (χ0) is 15.2. The Morgan fingerprint density at radius 3 is 2.76 bits per heavy atom. The van der Waals surface area contributed by atoms with Gasteiger partial charge in [-0.25, -0.2) is 4.98 Å². The van der Waals surface area contributed by atoms with Gasteiger partial charge in [0.2, 0.25) is 0 Å². The quantitative estimate of drug-likeness (QED) is 0.734. The number of ether oxygens (including phenoxy) is 1. The van der Waals surface area contributed by atoms with E-state index in [0.717, 1.165) is 31.3 Å². The topological polar surface area (TPSA) is 61.0 Å². The predicted molar refractivity (Wildman–Crippen MR) is 79.7 cm³/mol. The lowest BCUT2D eigenvalue weighted by molar-refractivity contribution is 0.184. The molecule has 0 N–H and O–H groups in total. The molecule has 0 saturated carbocycles. The third kappa shape index (κ3) is 4.12. The average molecular weight is 292 g/mol. The first-order chi connectivity index (χ1) is 10.1. The van der Waals surface area contributed by atoms with E-state index in [2.05, 4.69) is 50.1 Å². The van der Waals surface area contributed by atoms with Crippen LogP contribution in [0.4, 0.5) is 0 Å². The molecule has 0 amide bonds. The van der Waals surface area contributed by atoms with Crippen LogP contribution in [0.1, 0.15) is 31.5 Å². The number of nitrogens with zero attached hydrogens (tertiary/aromatic N) is 6. The molecule has 2 heterocycles. The molecule has 116 valence electrons. The Hall–Kier alpha value is -1.73. The van der Waals surface area contributed by atoms with Crippen LogP contribution in [0.25, 0.3) is 0 Å². The molecule has 0 spiro atoms. The van der Waals surface area contributed by atoms with Gasteiger partial charge in [-0.3, -0.25) is 4.90 Å². The van der Waals surface area contributed by atoms with Crippen molar-refractivity contribution >= 4 is 0 Å². The summed E-state index contributed by atoms with van der Waals surface area (Å²) < 4.78 is 9.33. The first kappa shape index (κ1) is 15.7. The molecule has 0 bridgehead atoms. The van der Waals surface area contributed by atoms with Crippen LogP contribution < -0.4 is 0 Å². The molecule has 7 nitrogen and oxygen atoms in total. The summed E-state index contributed by atoms with van der Waals surface area (Å²) >= 11 is 0. The smallest absolute Gasteiger partial charge is 0.147 e. The van der Waals surface area contributed by atoms with Crippen LogP contribution in [-0.4, -0.2) is 50.0 Å². The fourth-order valence-corrected chi connectivity index (χ4v) is 2.23. The van der Waals surface area contributed by atoms with Crippen molar-refractivity contribution in [3.05, 3.63) is 30.4 Å². The van der Waals surface area contributed by atoms with Gasteiger partial charge in [-0.1, -0.05) is 0 Å². The van der Waals surface area contributed by atoms with Crippen molar-refractivity contribution < 1.29 is 4.74 Å². The summed E-state index contributed by atoms with van der Waals surface area (Å²) in [6, 6.07) is 0.368. The van der Waals surface area contributed by atoms with E-state index in [1.165, 1.54) is 0 Å². The van der Waals surface area contributed by atoms with Gasteiger partial charge in [-0.15, -0.1) is 10.2 Å². The van der Waals surface area contributed by atoms with E-state index in [4.69, 9.17) is 4.74 Å². The van der Waals surface area contributed by atoms with Gasteiger partial charge in [0.25, 0.3) is 0 Å². The van der Waals surface area contributed by atoms with Crippen molar-refractivity contribution in [3.8, 4) is 0 Å². The van der Waals surface area contributed by atoms with Crippen LogP contribution >= 0.6 is 0 Å². The summed E-state index contributed by atoms with van der Waals surface area (Å²) in [5.41, 5.74) is 0. The molecular formula is C14H24N6O. The lowest BCUT2D eigenvalue weighted by atomic mass is 10.3. The van der Waals surface area contributed by atoms with Gasteiger partial charge in [-0.05, 0) is 20.9 Å². The summed E-state index contributed by atoms with van der Waals surface area (Å²) in [5, 5.41) is 8.20. The minimum absolute atomic E-state index is 0.368. The van der Waals surface area contributed by atoms with E-state index in [0.29, 0.717) is 12.6 Å². The van der Waals surface area contributed by atoms with Crippen molar-refractivity contribution in [3.63, 3.8) is 0 Å². The van der Waals surface area contributed by atoms with Crippen molar-refractivity contribution in [1.82, 2.24) is 29.2 Å². The van der Waals surface area contributed by atoms with Gasteiger partial charge in [0.15, 0.2) is 0 Å². The van der Waals surface area contributed by atoms with Crippen LogP contribution in [0.15, 0.2) is 18.7 Å². The molecule has 0 aliphatic heterocycles. The van der Waals surface area contributed by atoms with Crippen LogP contribution in [0.3, 0.4) is 0 Å². The summed E-state index contributed by atoms with van der Waals surface area (Å²) in [7, 11) is 3.77. The van der Waals surface area contributed by atoms with Crippen LogP contribution in [0, 0.1) is 0 Å². The summed E-state index contributed by atoms with van der Waals surface area (Å²) in [5.74, 6) is 2.01. The Bertz CT molecular complexity index is 547. The highest BCUT2D eigenvalue weighted by Gasteiger charge is 2.12. The molecule has 0 atom stereocenters. The minimum Gasteiger partial charge on any atom is -0.383 e. The molecule has 0 fully saturated rings. The van der Waals surface area contributed by atoms with E-state index >= 15 is 0 Å². The predicted octanol–water partition coefficient (Wildman–Crippen LogP) is 1.33. The Labute approximate surface area is 125 Å². The molecule has 2 aromatic rings. The monoisotopic (exact) mass is 292 g/mol. The van der Waals surface area contributed by atoms with Gasteiger partial charge in [-0.2, -0.15) is 0 Å². The zero-order valence-electron chi connectivity index (χ0n) is 13.2. The normalized spacial score (nSPS) is 11.7. The van der Waals surface area contributed by atoms with Gasteiger partial charge in [0, 0.05) is 32.1 Å².